The van der Waals surface area contributed by atoms with Crippen LogP contribution in [-0.4, -0.2) is 48.0 Å². The summed E-state index contributed by atoms with van der Waals surface area (Å²) in [6, 6.07) is 0.700. The number of hydrogen-bond donors (Lipinski definition) is 1. The molecule has 128 valence electrons. The number of carbonyl (C=O) groups is 1. The molecule has 1 aliphatic heterocycles. The highest BCUT2D eigenvalue weighted by atomic mass is 32.1. The molecule has 1 aliphatic carbocycles. The number of hydrogen-bond acceptors (Lipinski definition) is 5. The van der Waals surface area contributed by atoms with E-state index in [9.17, 15) is 4.79 Å². The number of likely N-dealkylation sites (tertiary alicyclic amines) is 1. The van der Waals surface area contributed by atoms with E-state index >= 15 is 0 Å². The second kappa shape index (κ2) is 7.73. The summed E-state index contributed by atoms with van der Waals surface area (Å²) in [5, 5.41) is 6.65. The number of nitrogens with one attached hydrogen (secondary N) is 1. The minimum atomic E-state index is 0.0657. The van der Waals surface area contributed by atoms with Crippen molar-refractivity contribution in [1.82, 2.24) is 15.2 Å². The van der Waals surface area contributed by atoms with Crippen molar-refractivity contribution in [3.63, 3.8) is 0 Å². The number of aromatic nitrogens is 1. The van der Waals surface area contributed by atoms with Crippen LogP contribution in [0, 0.1) is 5.92 Å². The normalized spacial score (nSPS) is 19.9. The van der Waals surface area contributed by atoms with E-state index in [1.807, 2.05) is 6.92 Å². The summed E-state index contributed by atoms with van der Waals surface area (Å²) in [5.74, 6) is 1.03. The minimum absolute atomic E-state index is 0.0657. The quantitative estimate of drug-likeness (QED) is 0.831. The molecule has 0 radical (unpaired) electrons. The Kier molecular flexibility index (Phi) is 5.67. The Morgan fingerprint density at radius 2 is 2.13 bits per heavy atom. The zero-order valence-corrected chi connectivity index (χ0v) is 15.1. The average molecular weight is 337 g/mol. The van der Waals surface area contributed by atoms with Gasteiger partial charge in [0.25, 0.3) is 0 Å². The summed E-state index contributed by atoms with van der Waals surface area (Å²) >= 11 is 1.57. The highest BCUT2D eigenvalue weighted by Gasteiger charge is 2.24. The lowest BCUT2D eigenvalue weighted by atomic mass is 10.0. The highest BCUT2D eigenvalue weighted by molar-refractivity contribution is 7.14. The van der Waals surface area contributed by atoms with Gasteiger partial charge in [-0.2, -0.15) is 0 Å². The lowest BCUT2D eigenvalue weighted by Crippen LogP contribution is -2.42. The molecule has 0 spiro atoms. The van der Waals surface area contributed by atoms with Crippen molar-refractivity contribution in [3.8, 4) is 0 Å². The van der Waals surface area contributed by atoms with Crippen molar-refractivity contribution in [1.29, 1.82) is 0 Å². The third kappa shape index (κ3) is 4.75. The molecule has 0 aromatic carbocycles. The molecule has 1 N–H and O–H groups in total. The van der Waals surface area contributed by atoms with Gasteiger partial charge in [-0.1, -0.05) is 0 Å². The molecular weight excluding hydrogens is 308 g/mol. The second-order valence-corrected chi connectivity index (χ2v) is 7.62. The smallest absolute Gasteiger partial charge is 0.225 e. The molecule has 5 nitrogen and oxygen atoms in total. The fraction of sp³-hybridized carbons (Fsp3) is 0.765. The number of nitrogens with zero attached hydrogens (tertiary/aromatic N) is 3. The van der Waals surface area contributed by atoms with Gasteiger partial charge in [0.15, 0.2) is 5.13 Å². The van der Waals surface area contributed by atoms with Crippen LogP contribution in [0.25, 0.3) is 0 Å². The maximum Gasteiger partial charge on any atom is 0.225 e. The molecule has 23 heavy (non-hydrogen) atoms. The van der Waals surface area contributed by atoms with E-state index in [1.54, 1.807) is 23.2 Å². The molecule has 3 rings (SSSR count). The second-order valence-electron chi connectivity index (χ2n) is 6.79. The van der Waals surface area contributed by atoms with Gasteiger partial charge in [-0.3, -0.25) is 14.6 Å². The van der Waals surface area contributed by atoms with E-state index in [0.29, 0.717) is 12.6 Å². The number of piperidine rings is 1. The Morgan fingerprint density at radius 1 is 1.39 bits per heavy atom. The molecule has 2 aliphatic rings. The van der Waals surface area contributed by atoms with E-state index in [4.69, 9.17) is 0 Å². The molecule has 0 atom stereocenters. The van der Waals surface area contributed by atoms with E-state index in [1.165, 1.54) is 32.2 Å². The first-order chi connectivity index (χ1) is 11.2. The minimum Gasteiger partial charge on any atom is -0.314 e. The highest BCUT2D eigenvalue weighted by Crippen LogP contribution is 2.28. The monoisotopic (exact) mass is 336 g/mol. The number of thiazole rings is 1. The Labute approximate surface area is 143 Å². The lowest BCUT2D eigenvalue weighted by Gasteiger charge is -2.32. The first-order valence-electron chi connectivity index (χ1n) is 8.84. The predicted octanol–water partition coefficient (Wildman–Crippen LogP) is 2.48. The van der Waals surface area contributed by atoms with Crippen LogP contribution < -0.4 is 10.2 Å². The molecule has 2 fully saturated rings. The average Bonchev–Trinajstić information content (AvgIpc) is 3.26. The fourth-order valence-corrected chi connectivity index (χ4v) is 4.09. The van der Waals surface area contributed by atoms with Gasteiger partial charge in [-0.25, -0.2) is 4.98 Å². The zero-order valence-electron chi connectivity index (χ0n) is 14.3. The van der Waals surface area contributed by atoms with Gasteiger partial charge in [0.05, 0.1) is 5.69 Å². The molecule has 2 heterocycles. The van der Waals surface area contributed by atoms with Crippen LogP contribution in [0.15, 0.2) is 5.38 Å². The van der Waals surface area contributed by atoms with Crippen molar-refractivity contribution in [2.75, 3.05) is 31.1 Å². The van der Waals surface area contributed by atoms with Crippen molar-refractivity contribution in [2.24, 2.45) is 5.92 Å². The molecule has 1 amide bonds. The topological polar surface area (TPSA) is 48.5 Å². The van der Waals surface area contributed by atoms with Crippen molar-refractivity contribution < 1.29 is 4.79 Å². The summed E-state index contributed by atoms with van der Waals surface area (Å²) in [7, 11) is 0. The molecule has 0 unspecified atom stereocenters. The maximum atomic E-state index is 11.6. The van der Waals surface area contributed by atoms with Gasteiger partial charge < -0.3 is 5.32 Å². The first kappa shape index (κ1) is 16.9. The van der Waals surface area contributed by atoms with Crippen molar-refractivity contribution in [2.45, 2.75) is 52.1 Å². The molecule has 6 heteroatoms. The van der Waals surface area contributed by atoms with E-state index in [0.717, 1.165) is 36.4 Å². The summed E-state index contributed by atoms with van der Waals surface area (Å²) in [6.45, 7) is 8.67. The zero-order chi connectivity index (χ0) is 16.2. The van der Waals surface area contributed by atoms with Gasteiger partial charge >= 0.3 is 0 Å². The maximum absolute atomic E-state index is 11.6. The SMILES string of the molecule is CCN(C(C)=O)c1nc(CN2CCC(NCC3CC3)CC2)cs1. The fourth-order valence-electron chi connectivity index (χ4n) is 3.17. The van der Waals surface area contributed by atoms with Gasteiger partial charge in [0.2, 0.25) is 5.91 Å². The summed E-state index contributed by atoms with van der Waals surface area (Å²) in [6.07, 6.45) is 5.32. The summed E-state index contributed by atoms with van der Waals surface area (Å²) in [4.78, 5) is 20.5. The largest absolute Gasteiger partial charge is 0.314 e. The predicted molar refractivity (Wildman–Crippen MR) is 94.8 cm³/mol. The Balaban J connectivity index is 1.45. The molecule has 0 bridgehead atoms. The van der Waals surface area contributed by atoms with E-state index < -0.39 is 0 Å². The molecule has 1 saturated heterocycles. The Hall–Kier alpha value is -0.980. The van der Waals surface area contributed by atoms with E-state index in [2.05, 4.69) is 20.6 Å². The molecule has 1 aromatic heterocycles. The Bertz CT molecular complexity index is 520. The number of carbonyl (C=O) groups excluding carboxylic acids is 1. The molecule has 1 aromatic rings. The third-order valence-corrected chi connectivity index (χ3v) is 5.74. The summed E-state index contributed by atoms with van der Waals surface area (Å²) in [5.41, 5.74) is 1.09. The van der Waals surface area contributed by atoms with Crippen LogP contribution in [0.4, 0.5) is 5.13 Å². The van der Waals surface area contributed by atoms with Gasteiger partial charge in [-0.15, -0.1) is 11.3 Å². The van der Waals surface area contributed by atoms with Crippen LogP contribution in [0.1, 0.15) is 45.2 Å². The first-order valence-corrected chi connectivity index (χ1v) is 9.72. The third-order valence-electron chi connectivity index (χ3n) is 4.83. The number of rotatable bonds is 7. The van der Waals surface area contributed by atoms with E-state index in [-0.39, 0.29) is 5.91 Å². The number of amides is 1. The molecule has 1 saturated carbocycles. The van der Waals surface area contributed by atoms with Crippen LogP contribution in [0.5, 0.6) is 0 Å². The van der Waals surface area contributed by atoms with Gasteiger partial charge in [0.1, 0.15) is 0 Å². The van der Waals surface area contributed by atoms with Crippen LogP contribution >= 0.6 is 11.3 Å². The van der Waals surface area contributed by atoms with Gasteiger partial charge in [-0.05, 0) is 45.1 Å². The van der Waals surface area contributed by atoms with Crippen LogP contribution in [-0.2, 0) is 11.3 Å². The lowest BCUT2D eigenvalue weighted by molar-refractivity contribution is -0.116. The summed E-state index contributed by atoms with van der Waals surface area (Å²) < 4.78 is 0. The Morgan fingerprint density at radius 3 is 2.74 bits per heavy atom. The standard InChI is InChI=1S/C17H28N4OS/c1-3-21(13(2)22)17-19-16(12-23-17)11-20-8-6-15(7-9-20)18-10-14-4-5-14/h12,14-15,18H,3-11H2,1-2H3. The van der Waals surface area contributed by atoms with Crippen LogP contribution in [0.2, 0.25) is 0 Å². The van der Waals surface area contributed by atoms with Crippen LogP contribution in [0.3, 0.4) is 0 Å². The molecular formula is C17H28N4OS. The van der Waals surface area contributed by atoms with Crippen molar-refractivity contribution in [3.05, 3.63) is 11.1 Å². The number of anilines is 1. The van der Waals surface area contributed by atoms with Gasteiger partial charge in [0, 0.05) is 44.5 Å². The van der Waals surface area contributed by atoms with Crippen molar-refractivity contribution >= 4 is 22.4 Å².